The van der Waals surface area contributed by atoms with Crippen molar-refractivity contribution in [2.75, 3.05) is 0 Å². The molecule has 3 aromatic rings. The van der Waals surface area contributed by atoms with E-state index < -0.39 is 5.69 Å². The van der Waals surface area contributed by atoms with E-state index in [1.807, 2.05) is 30.5 Å². The number of aromatic nitrogens is 3. The van der Waals surface area contributed by atoms with Crippen LogP contribution in [0.25, 0.3) is 16.6 Å². The zero-order valence-corrected chi connectivity index (χ0v) is 10.5. The molecule has 0 amide bonds. The van der Waals surface area contributed by atoms with Crippen LogP contribution in [0.2, 0.25) is 0 Å². The van der Waals surface area contributed by atoms with Gasteiger partial charge in [0.15, 0.2) is 0 Å². The lowest BCUT2D eigenvalue weighted by molar-refractivity contribution is 0.797. The highest BCUT2D eigenvalue weighted by Crippen LogP contribution is 2.22. The van der Waals surface area contributed by atoms with Gasteiger partial charge in [-0.1, -0.05) is 6.07 Å². The van der Waals surface area contributed by atoms with E-state index in [0.29, 0.717) is 0 Å². The van der Waals surface area contributed by atoms with Crippen LogP contribution < -0.4 is 11.2 Å². The van der Waals surface area contributed by atoms with Gasteiger partial charge in [-0.25, -0.2) is 4.79 Å². The Labute approximate surface area is 108 Å². The monoisotopic (exact) mass is 255 g/mol. The maximum atomic E-state index is 11.9. The van der Waals surface area contributed by atoms with Crippen LogP contribution in [0.3, 0.4) is 0 Å². The number of nitrogens with zero attached hydrogens (tertiary/aromatic N) is 2. The van der Waals surface area contributed by atoms with Crippen molar-refractivity contribution < 1.29 is 0 Å². The molecular weight excluding hydrogens is 242 g/mol. The molecule has 5 nitrogen and oxygen atoms in total. The molecule has 1 N–H and O–H groups in total. The number of hydrogen-bond acceptors (Lipinski definition) is 2. The highest BCUT2D eigenvalue weighted by molar-refractivity contribution is 5.88. The van der Waals surface area contributed by atoms with Crippen LogP contribution in [0.4, 0.5) is 0 Å². The predicted octanol–water partition coefficient (Wildman–Crippen LogP) is 1.50. The molecule has 0 spiro atoms. The van der Waals surface area contributed by atoms with Crippen molar-refractivity contribution in [2.24, 2.45) is 0 Å². The second kappa shape index (κ2) is 4.28. The first kappa shape index (κ1) is 11.5. The van der Waals surface area contributed by atoms with Gasteiger partial charge in [0.2, 0.25) is 0 Å². The van der Waals surface area contributed by atoms with E-state index in [9.17, 15) is 9.59 Å². The van der Waals surface area contributed by atoms with Crippen LogP contribution >= 0.6 is 0 Å². The minimum Gasteiger partial charge on any atom is -0.348 e. The minimum atomic E-state index is -0.427. The summed E-state index contributed by atoms with van der Waals surface area (Å²) in [5.41, 5.74) is 1.02. The topological polar surface area (TPSA) is 59.8 Å². The molecule has 0 unspecified atom stereocenters. The van der Waals surface area contributed by atoms with Crippen LogP contribution in [0.15, 0.2) is 52.3 Å². The Hall–Kier alpha value is -2.56. The molecule has 0 bridgehead atoms. The van der Waals surface area contributed by atoms with E-state index >= 15 is 0 Å². The van der Waals surface area contributed by atoms with Gasteiger partial charge in [0.1, 0.15) is 0 Å². The molecule has 0 atom stereocenters. The Morgan fingerprint density at radius 2 is 1.95 bits per heavy atom. The van der Waals surface area contributed by atoms with E-state index in [1.165, 1.54) is 16.8 Å². The molecule has 0 aliphatic rings. The molecule has 0 radical (unpaired) electrons. The summed E-state index contributed by atoms with van der Waals surface area (Å²) in [6.45, 7) is 2.94. The van der Waals surface area contributed by atoms with Crippen molar-refractivity contribution in [3.8, 4) is 5.69 Å². The normalized spacial score (nSPS) is 11.0. The van der Waals surface area contributed by atoms with Crippen LogP contribution in [-0.4, -0.2) is 14.1 Å². The van der Waals surface area contributed by atoms with E-state index in [4.69, 9.17) is 0 Å². The van der Waals surface area contributed by atoms with Crippen molar-refractivity contribution in [3.63, 3.8) is 0 Å². The van der Waals surface area contributed by atoms with Gasteiger partial charge in [0.25, 0.3) is 5.56 Å². The fourth-order valence-corrected chi connectivity index (χ4v) is 2.30. The molecule has 0 aliphatic heterocycles. The number of aromatic amines is 1. The quantitative estimate of drug-likeness (QED) is 0.754. The SMILES string of the molecule is CCn1ccc2c(-n3ccc(=O)[nH]c3=O)cccc21. The van der Waals surface area contributed by atoms with Gasteiger partial charge < -0.3 is 4.57 Å². The van der Waals surface area contributed by atoms with Crippen molar-refractivity contribution in [1.82, 2.24) is 14.1 Å². The highest BCUT2D eigenvalue weighted by atomic mass is 16.2. The number of nitrogens with one attached hydrogen (secondary N) is 1. The third-order valence-electron chi connectivity index (χ3n) is 3.21. The number of aryl methyl sites for hydroxylation is 1. The Kier molecular flexibility index (Phi) is 2.59. The minimum absolute atomic E-state index is 0.389. The summed E-state index contributed by atoms with van der Waals surface area (Å²) in [6.07, 6.45) is 3.49. The first-order valence-corrected chi connectivity index (χ1v) is 6.11. The molecule has 19 heavy (non-hydrogen) atoms. The first-order chi connectivity index (χ1) is 9.20. The van der Waals surface area contributed by atoms with Crippen molar-refractivity contribution in [3.05, 3.63) is 63.6 Å². The summed E-state index contributed by atoms with van der Waals surface area (Å²) in [6, 6.07) is 9.10. The van der Waals surface area contributed by atoms with Crippen LogP contribution in [0, 0.1) is 0 Å². The predicted molar refractivity (Wildman–Crippen MR) is 73.8 cm³/mol. The largest absolute Gasteiger partial charge is 0.348 e. The number of fused-ring (bicyclic) bond motifs is 1. The Balaban J connectivity index is 2.34. The second-order valence-electron chi connectivity index (χ2n) is 4.29. The van der Waals surface area contributed by atoms with Gasteiger partial charge in [0, 0.05) is 30.4 Å². The molecule has 0 aliphatic carbocycles. The van der Waals surface area contributed by atoms with Gasteiger partial charge in [0.05, 0.1) is 11.2 Å². The van der Waals surface area contributed by atoms with Gasteiger partial charge in [-0.05, 0) is 25.1 Å². The van der Waals surface area contributed by atoms with Crippen molar-refractivity contribution >= 4 is 10.9 Å². The maximum absolute atomic E-state index is 11.9. The van der Waals surface area contributed by atoms with Crippen LogP contribution in [0.5, 0.6) is 0 Å². The van der Waals surface area contributed by atoms with Gasteiger partial charge in [-0.15, -0.1) is 0 Å². The van der Waals surface area contributed by atoms with Gasteiger partial charge in [-0.3, -0.25) is 14.3 Å². The maximum Gasteiger partial charge on any atom is 0.332 e. The van der Waals surface area contributed by atoms with E-state index in [0.717, 1.165) is 23.1 Å². The molecule has 0 saturated carbocycles. The number of hydrogen-bond donors (Lipinski definition) is 1. The fourth-order valence-electron chi connectivity index (χ4n) is 2.30. The Morgan fingerprint density at radius 3 is 2.68 bits per heavy atom. The van der Waals surface area contributed by atoms with Crippen LogP contribution in [-0.2, 0) is 6.54 Å². The number of rotatable bonds is 2. The Morgan fingerprint density at radius 1 is 1.11 bits per heavy atom. The second-order valence-corrected chi connectivity index (χ2v) is 4.29. The van der Waals surface area contributed by atoms with E-state index in [2.05, 4.69) is 16.5 Å². The third-order valence-corrected chi connectivity index (χ3v) is 3.21. The standard InChI is InChI=1S/C14H13N3O2/c1-2-16-8-6-10-11(16)4-3-5-12(10)17-9-7-13(18)15-14(17)19/h3-9H,2H2,1H3,(H,15,18,19). The lowest BCUT2D eigenvalue weighted by Crippen LogP contribution is -2.27. The molecule has 1 aromatic carbocycles. The van der Waals surface area contributed by atoms with Crippen LogP contribution in [0.1, 0.15) is 6.92 Å². The van der Waals surface area contributed by atoms with Gasteiger partial charge in [-0.2, -0.15) is 0 Å². The van der Waals surface area contributed by atoms with Crippen molar-refractivity contribution in [2.45, 2.75) is 13.5 Å². The summed E-state index contributed by atoms with van der Waals surface area (Å²) in [4.78, 5) is 25.2. The molecule has 0 fully saturated rings. The smallest absolute Gasteiger partial charge is 0.332 e. The lowest BCUT2D eigenvalue weighted by atomic mass is 10.2. The average molecular weight is 255 g/mol. The zero-order chi connectivity index (χ0) is 13.4. The van der Waals surface area contributed by atoms with E-state index in [1.54, 1.807) is 0 Å². The average Bonchev–Trinajstić information content (AvgIpc) is 2.82. The highest BCUT2D eigenvalue weighted by Gasteiger charge is 2.07. The summed E-state index contributed by atoms with van der Waals surface area (Å²) in [5.74, 6) is 0. The lowest BCUT2D eigenvalue weighted by Gasteiger charge is -2.07. The van der Waals surface area contributed by atoms with Gasteiger partial charge >= 0.3 is 5.69 Å². The fraction of sp³-hybridized carbons (Fsp3) is 0.143. The first-order valence-electron chi connectivity index (χ1n) is 6.11. The molecule has 2 aromatic heterocycles. The number of benzene rings is 1. The molecule has 5 heteroatoms. The molecule has 2 heterocycles. The Bertz CT molecular complexity index is 855. The summed E-state index contributed by atoms with van der Waals surface area (Å²) in [7, 11) is 0. The van der Waals surface area contributed by atoms with E-state index in [-0.39, 0.29) is 5.56 Å². The summed E-state index contributed by atoms with van der Waals surface area (Å²) >= 11 is 0. The molecule has 3 rings (SSSR count). The third kappa shape index (κ3) is 1.79. The summed E-state index contributed by atoms with van der Waals surface area (Å²) in [5, 5.41) is 0.985. The molecular formula is C14H13N3O2. The summed E-state index contributed by atoms with van der Waals surface area (Å²) < 4.78 is 3.55. The molecule has 96 valence electrons. The zero-order valence-electron chi connectivity index (χ0n) is 10.5. The van der Waals surface area contributed by atoms with Crippen molar-refractivity contribution in [1.29, 1.82) is 0 Å². The molecule has 0 saturated heterocycles. The number of H-pyrrole nitrogens is 1.